The van der Waals surface area contributed by atoms with Crippen LogP contribution in [-0.2, 0) is 5.41 Å². The summed E-state index contributed by atoms with van der Waals surface area (Å²) in [6.45, 7) is 0. The van der Waals surface area contributed by atoms with Crippen molar-refractivity contribution in [2.24, 2.45) is 0 Å². The van der Waals surface area contributed by atoms with Gasteiger partial charge < -0.3 is 4.40 Å². The minimum absolute atomic E-state index is 0.0506. The van der Waals surface area contributed by atoms with E-state index in [1.807, 2.05) is 42.5 Å². The van der Waals surface area contributed by atoms with Crippen LogP contribution in [0.2, 0.25) is 0 Å². The lowest BCUT2D eigenvalue weighted by molar-refractivity contribution is 0.704. The van der Waals surface area contributed by atoms with Gasteiger partial charge in [-0.25, -0.2) is 0 Å². The van der Waals surface area contributed by atoms with E-state index in [2.05, 4.69) is 101 Å². The first-order valence-corrected chi connectivity index (χ1v) is 15.2. The lowest BCUT2D eigenvalue weighted by atomic mass is 9.64. The molecular formula is C39H23NO2S. The second-order valence-electron chi connectivity index (χ2n) is 11.2. The van der Waals surface area contributed by atoms with Gasteiger partial charge in [-0.2, -0.15) is 0 Å². The molecule has 43 heavy (non-hydrogen) atoms. The fourth-order valence-corrected chi connectivity index (χ4v) is 8.49. The van der Waals surface area contributed by atoms with Crippen LogP contribution in [0.5, 0.6) is 0 Å². The zero-order valence-electron chi connectivity index (χ0n) is 23.0. The third kappa shape index (κ3) is 3.16. The Bertz CT molecular complexity index is 2480. The van der Waals surface area contributed by atoms with E-state index in [0.717, 1.165) is 32.6 Å². The number of hydrogen-bond acceptors (Lipinski definition) is 3. The molecule has 0 N–H and O–H groups in total. The van der Waals surface area contributed by atoms with E-state index in [-0.39, 0.29) is 10.9 Å². The highest BCUT2D eigenvalue weighted by Gasteiger charge is 2.44. The van der Waals surface area contributed by atoms with Crippen molar-refractivity contribution in [3.05, 3.63) is 182 Å². The van der Waals surface area contributed by atoms with Gasteiger partial charge in [0.25, 0.3) is 0 Å². The van der Waals surface area contributed by atoms with Crippen LogP contribution < -0.4 is 10.9 Å². The predicted octanol–water partition coefficient (Wildman–Crippen LogP) is 8.40. The molecule has 1 aliphatic rings. The third-order valence-electron chi connectivity index (χ3n) is 9.05. The fraction of sp³-hybridized carbons (Fsp3) is 0.0256. The number of para-hydroxylation sites is 2. The molecule has 2 aromatic heterocycles. The molecule has 0 unspecified atom stereocenters. The minimum atomic E-state index is -0.622. The second kappa shape index (κ2) is 8.90. The average Bonchev–Trinajstić information content (AvgIpc) is 3.07. The molecule has 0 atom stereocenters. The van der Waals surface area contributed by atoms with Crippen LogP contribution in [-0.4, -0.2) is 4.40 Å². The van der Waals surface area contributed by atoms with Crippen molar-refractivity contribution in [3.8, 4) is 0 Å². The molecule has 0 spiro atoms. The van der Waals surface area contributed by atoms with Crippen LogP contribution in [0.4, 0.5) is 0 Å². The van der Waals surface area contributed by atoms with Gasteiger partial charge in [0.2, 0.25) is 0 Å². The summed E-state index contributed by atoms with van der Waals surface area (Å²) in [6.07, 6.45) is 0. The van der Waals surface area contributed by atoms with Gasteiger partial charge in [-0.05, 0) is 64.7 Å². The maximum atomic E-state index is 14.2. The molecule has 9 rings (SSSR count). The molecule has 0 amide bonds. The Morgan fingerprint density at radius 3 is 1.77 bits per heavy atom. The van der Waals surface area contributed by atoms with Gasteiger partial charge in [-0.15, -0.1) is 0 Å². The van der Waals surface area contributed by atoms with E-state index in [9.17, 15) is 9.59 Å². The Kier molecular flexibility index (Phi) is 5.06. The quantitative estimate of drug-likeness (QED) is 0.155. The number of pyridine rings is 2. The molecule has 6 aromatic carbocycles. The number of rotatable bonds is 2. The molecule has 1 aliphatic heterocycles. The molecule has 3 heterocycles. The zero-order valence-corrected chi connectivity index (χ0v) is 23.8. The second-order valence-corrected chi connectivity index (χ2v) is 12.2. The highest BCUT2D eigenvalue weighted by Crippen LogP contribution is 2.56. The molecule has 4 heteroatoms. The first-order valence-electron chi connectivity index (χ1n) is 14.4. The van der Waals surface area contributed by atoms with Crippen molar-refractivity contribution in [1.29, 1.82) is 0 Å². The largest absolute Gasteiger partial charge is 0.307 e. The fourth-order valence-electron chi connectivity index (χ4n) is 7.28. The average molecular weight is 570 g/mol. The summed E-state index contributed by atoms with van der Waals surface area (Å²) in [4.78, 5) is 30.1. The molecule has 0 saturated heterocycles. The number of benzene rings is 6. The summed E-state index contributed by atoms with van der Waals surface area (Å²) >= 11 is 1.72. The van der Waals surface area contributed by atoms with Crippen molar-refractivity contribution >= 4 is 49.9 Å². The monoisotopic (exact) mass is 569 g/mol. The summed E-state index contributed by atoms with van der Waals surface area (Å²) in [7, 11) is 0. The number of nitrogens with zero attached hydrogens (tertiary/aromatic N) is 1. The van der Waals surface area contributed by atoms with Crippen LogP contribution in [0, 0.1) is 0 Å². The van der Waals surface area contributed by atoms with Crippen LogP contribution in [0.1, 0.15) is 22.3 Å². The van der Waals surface area contributed by atoms with E-state index >= 15 is 0 Å². The van der Waals surface area contributed by atoms with Gasteiger partial charge in [-0.1, -0.05) is 109 Å². The Hall–Kier alpha value is -5.19. The van der Waals surface area contributed by atoms with E-state index in [4.69, 9.17) is 0 Å². The van der Waals surface area contributed by atoms with Gasteiger partial charge >= 0.3 is 0 Å². The van der Waals surface area contributed by atoms with Gasteiger partial charge in [0.15, 0.2) is 10.9 Å². The maximum absolute atomic E-state index is 14.2. The van der Waals surface area contributed by atoms with Crippen LogP contribution in [0.25, 0.3) is 38.1 Å². The number of hydrogen-bond donors (Lipinski definition) is 0. The topological polar surface area (TPSA) is 38.5 Å². The molecule has 8 aromatic rings. The Morgan fingerprint density at radius 2 is 1.05 bits per heavy atom. The van der Waals surface area contributed by atoms with Crippen molar-refractivity contribution in [1.82, 2.24) is 4.40 Å². The smallest absolute Gasteiger partial charge is 0.197 e. The third-order valence-corrected chi connectivity index (χ3v) is 10.2. The molecule has 0 saturated carbocycles. The van der Waals surface area contributed by atoms with Crippen molar-refractivity contribution in [2.45, 2.75) is 15.2 Å². The normalized spacial score (nSPS) is 13.9. The summed E-state index contributed by atoms with van der Waals surface area (Å²) in [5, 5.41) is 2.41. The molecule has 202 valence electrons. The van der Waals surface area contributed by atoms with Gasteiger partial charge in [0, 0.05) is 31.3 Å². The van der Waals surface area contributed by atoms with Gasteiger partial charge in [0.05, 0.1) is 22.0 Å². The molecule has 3 nitrogen and oxygen atoms in total. The maximum Gasteiger partial charge on any atom is 0.197 e. The molecule has 0 radical (unpaired) electrons. The van der Waals surface area contributed by atoms with E-state index < -0.39 is 5.41 Å². The summed E-state index contributed by atoms with van der Waals surface area (Å²) in [6, 6.07) is 47.5. The summed E-state index contributed by atoms with van der Waals surface area (Å²) < 4.78 is 2.14. The van der Waals surface area contributed by atoms with Crippen molar-refractivity contribution in [2.75, 3.05) is 0 Å². The number of aromatic nitrogens is 1. The van der Waals surface area contributed by atoms with Crippen LogP contribution in [0.3, 0.4) is 0 Å². The van der Waals surface area contributed by atoms with Crippen LogP contribution in [0.15, 0.2) is 159 Å². The molecule has 0 bridgehead atoms. The van der Waals surface area contributed by atoms with E-state index in [1.54, 1.807) is 11.8 Å². The molecule has 0 fully saturated rings. The first kappa shape index (κ1) is 24.4. The predicted molar refractivity (Wildman–Crippen MR) is 176 cm³/mol. The lowest BCUT2D eigenvalue weighted by Gasteiger charge is -2.42. The van der Waals surface area contributed by atoms with Crippen molar-refractivity contribution < 1.29 is 0 Å². The Balaban J connectivity index is 1.56. The van der Waals surface area contributed by atoms with Gasteiger partial charge in [0.1, 0.15) is 0 Å². The highest BCUT2D eigenvalue weighted by molar-refractivity contribution is 7.99. The summed E-state index contributed by atoms with van der Waals surface area (Å²) in [5.74, 6) is 0. The minimum Gasteiger partial charge on any atom is -0.307 e. The van der Waals surface area contributed by atoms with E-state index in [1.165, 1.54) is 10.5 Å². The number of fused-ring (bicyclic) bond motifs is 6. The Labute approximate surface area is 251 Å². The standard InChI is InChI=1S/C39H23NO2S/c41-37-26-16-7-9-20-32(26)40-33-23-31-35(22-29(33)38(42)28-18-11-17-27(37)36(28)40)43-34-21-10-8-19-30(34)39(31,24-12-3-1-4-13-24)25-14-5-2-6-15-25/h1-23H. The zero-order chi connectivity index (χ0) is 28.7. The van der Waals surface area contributed by atoms with Crippen LogP contribution >= 0.6 is 11.8 Å². The Morgan fingerprint density at radius 1 is 0.465 bits per heavy atom. The highest BCUT2D eigenvalue weighted by atomic mass is 32.2. The van der Waals surface area contributed by atoms with Crippen molar-refractivity contribution in [3.63, 3.8) is 0 Å². The SMILES string of the molecule is O=c1c2ccccc2n2c3cc4c(cc3c(=O)c3cccc1c32)Sc1ccccc1C4(c1ccccc1)c1ccccc1. The van der Waals surface area contributed by atoms with E-state index in [0.29, 0.717) is 27.1 Å². The summed E-state index contributed by atoms with van der Waals surface area (Å²) in [5.41, 5.74) is 6.21. The lowest BCUT2D eigenvalue weighted by Crippen LogP contribution is -2.34. The molecular weight excluding hydrogens is 547 g/mol. The van der Waals surface area contributed by atoms with Gasteiger partial charge in [-0.3, -0.25) is 9.59 Å². The first-order chi connectivity index (χ1) is 21.2. The molecule has 0 aliphatic carbocycles.